The summed E-state index contributed by atoms with van der Waals surface area (Å²) in [6, 6.07) is 11.1. The predicted octanol–water partition coefficient (Wildman–Crippen LogP) is 5.57. The van der Waals surface area contributed by atoms with Gasteiger partial charge < -0.3 is 4.90 Å². The van der Waals surface area contributed by atoms with Gasteiger partial charge in [0.2, 0.25) is 0 Å². The number of anilines is 1. The Morgan fingerprint density at radius 2 is 1.65 bits per heavy atom. The van der Waals surface area contributed by atoms with E-state index in [1.165, 1.54) is 6.07 Å². The molecule has 0 saturated carbocycles. The van der Waals surface area contributed by atoms with Crippen LogP contribution >= 0.6 is 11.6 Å². The van der Waals surface area contributed by atoms with Crippen molar-refractivity contribution < 1.29 is 13.2 Å². The Morgan fingerprint density at radius 1 is 0.923 bits per heavy atom. The molecule has 0 unspecified atom stereocenters. The van der Waals surface area contributed by atoms with Crippen molar-refractivity contribution in [1.29, 1.82) is 0 Å². The van der Waals surface area contributed by atoms with Gasteiger partial charge in [-0.05, 0) is 37.1 Å². The fourth-order valence-electron chi connectivity index (χ4n) is 3.32. The van der Waals surface area contributed by atoms with Crippen LogP contribution in [0, 0.1) is 0 Å². The van der Waals surface area contributed by atoms with E-state index < -0.39 is 11.7 Å². The molecular formula is C19H15ClF3N3. The Balaban J connectivity index is 2.03. The van der Waals surface area contributed by atoms with Crippen LogP contribution in [0.15, 0.2) is 42.5 Å². The third-order valence-electron chi connectivity index (χ3n) is 4.53. The fourth-order valence-corrected chi connectivity index (χ4v) is 3.54. The second kappa shape index (κ2) is 6.43. The minimum absolute atomic E-state index is 0.0534. The van der Waals surface area contributed by atoms with E-state index in [9.17, 15) is 13.2 Å². The van der Waals surface area contributed by atoms with Gasteiger partial charge in [0.1, 0.15) is 5.82 Å². The van der Waals surface area contributed by atoms with Gasteiger partial charge >= 0.3 is 6.18 Å². The second-order valence-corrected chi connectivity index (χ2v) is 6.65. The second-order valence-electron chi connectivity index (χ2n) is 6.24. The maximum absolute atomic E-state index is 13.6. The lowest BCUT2D eigenvalue weighted by Crippen LogP contribution is -2.21. The van der Waals surface area contributed by atoms with Gasteiger partial charge in [0.25, 0.3) is 0 Å². The summed E-state index contributed by atoms with van der Waals surface area (Å²) in [6.45, 7) is 1.36. The monoisotopic (exact) mass is 377 g/mol. The van der Waals surface area contributed by atoms with Crippen LogP contribution in [0.2, 0.25) is 5.02 Å². The molecule has 26 heavy (non-hydrogen) atoms. The quantitative estimate of drug-likeness (QED) is 0.584. The van der Waals surface area contributed by atoms with Gasteiger partial charge in [-0.1, -0.05) is 29.8 Å². The van der Waals surface area contributed by atoms with Crippen molar-refractivity contribution in [2.24, 2.45) is 0 Å². The van der Waals surface area contributed by atoms with E-state index in [2.05, 4.69) is 9.97 Å². The number of hydrogen-bond acceptors (Lipinski definition) is 3. The first kappa shape index (κ1) is 17.1. The average molecular weight is 378 g/mol. The van der Waals surface area contributed by atoms with Crippen LogP contribution in [0.25, 0.3) is 22.3 Å². The molecular weight excluding hydrogens is 363 g/mol. The molecule has 0 radical (unpaired) electrons. The molecule has 0 amide bonds. The molecule has 0 bridgehead atoms. The Kier molecular flexibility index (Phi) is 4.23. The lowest BCUT2D eigenvalue weighted by molar-refractivity contribution is -0.136. The van der Waals surface area contributed by atoms with Crippen molar-refractivity contribution in [3.63, 3.8) is 0 Å². The van der Waals surface area contributed by atoms with Crippen molar-refractivity contribution in [2.75, 3.05) is 18.0 Å². The van der Waals surface area contributed by atoms with E-state index in [1.54, 1.807) is 30.3 Å². The number of hydrogen-bond donors (Lipinski definition) is 0. The van der Waals surface area contributed by atoms with Crippen LogP contribution < -0.4 is 4.90 Å². The summed E-state index contributed by atoms with van der Waals surface area (Å²) in [5.74, 6) is 0.666. The van der Waals surface area contributed by atoms with Crippen LogP contribution in [0.4, 0.5) is 19.0 Å². The number of rotatable bonds is 2. The summed E-state index contributed by atoms with van der Waals surface area (Å²) in [5, 5.41) is 0.518. The average Bonchev–Trinajstić information content (AvgIpc) is 3.14. The normalized spacial score (nSPS) is 15.0. The summed E-state index contributed by atoms with van der Waals surface area (Å²) in [5.41, 5.74) is 0.170. The SMILES string of the molecule is FC(F)(F)c1cccc2nc(-c3ccccc3Cl)nc(N3CCCC3)c12. The molecule has 4 rings (SSSR count). The molecule has 0 atom stereocenters. The topological polar surface area (TPSA) is 29.0 Å². The van der Waals surface area contributed by atoms with E-state index in [-0.39, 0.29) is 10.9 Å². The van der Waals surface area contributed by atoms with Gasteiger partial charge in [-0.25, -0.2) is 9.97 Å². The van der Waals surface area contributed by atoms with Crippen LogP contribution in [-0.4, -0.2) is 23.1 Å². The zero-order chi connectivity index (χ0) is 18.3. The minimum Gasteiger partial charge on any atom is -0.356 e. The zero-order valence-electron chi connectivity index (χ0n) is 13.7. The molecule has 1 fully saturated rings. The van der Waals surface area contributed by atoms with E-state index in [0.29, 0.717) is 35.3 Å². The minimum atomic E-state index is -4.47. The first-order valence-electron chi connectivity index (χ1n) is 8.33. The van der Waals surface area contributed by atoms with E-state index in [4.69, 9.17) is 11.6 Å². The smallest absolute Gasteiger partial charge is 0.356 e. The van der Waals surface area contributed by atoms with Crippen LogP contribution in [0.5, 0.6) is 0 Å². The maximum atomic E-state index is 13.6. The molecule has 134 valence electrons. The molecule has 1 aliphatic heterocycles. The number of aromatic nitrogens is 2. The highest BCUT2D eigenvalue weighted by Gasteiger charge is 2.35. The first-order valence-corrected chi connectivity index (χ1v) is 8.71. The molecule has 1 aromatic heterocycles. The van der Waals surface area contributed by atoms with Crippen LogP contribution in [0.3, 0.4) is 0 Å². The first-order chi connectivity index (χ1) is 12.4. The van der Waals surface area contributed by atoms with Crippen molar-refractivity contribution in [3.05, 3.63) is 53.1 Å². The summed E-state index contributed by atoms with van der Waals surface area (Å²) in [4.78, 5) is 10.8. The zero-order valence-corrected chi connectivity index (χ0v) is 14.5. The largest absolute Gasteiger partial charge is 0.417 e. The Hall–Kier alpha value is -2.34. The van der Waals surface area contributed by atoms with Crippen LogP contribution in [0.1, 0.15) is 18.4 Å². The molecule has 0 aliphatic carbocycles. The van der Waals surface area contributed by atoms with Crippen molar-refractivity contribution in [3.8, 4) is 11.4 Å². The molecule has 2 heterocycles. The van der Waals surface area contributed by atoms with E-state index in [0.717, 1.165) is 18.9 Å². The van der Waals surface area contributed by atoms with Crippen molar-refractivity contribution >= 4 is 28.3 Å². The number of alkyl halides is 3. The van der Waals surface area contributed by atoms with E-state index >= 15 is 0 Å². The molecule has 0 N–H and O–H groups in total. The Morgan fingerprint density at radius 3 is 2.35 bits per heavy atom. The van der Waals surface area contributed by atoms with Crippen LogP contribution in [-0.2, 0) is 6.18 Å². The number of fused-ring (bicyclic) bond motifs is 1. The Bertz CT molecular complexity index is 966. The molecule has 3 nitrogen and oxygen atoms in total. The molecule has 7 heteroatoms. The predicted molar refractivity (Wildman–Crippen MR) is 96.4 cm³/mol. The molecule has 2 aromatic carbocycles. The third-order valence-corrected chi connectivity index (χ3v) is 4.86. The summed E-state index contributed by atoms with van der Waals surface area (Å²) >= 11 is 6.25. The lowest BCUT2D eigenvalue weighted by atomic mass is 10.1. The molecule has 1 aliphatic rings. The Labute approximate surface area is 153 Å². The van der Waals surface area contributed by atoms with Gasteiger partial charge in [0.15, 0.2) is 5.82 Å². The highest BCUT2D eigenvalue weighted by Crippen LogP contribution is 2.40. The number of halogens is 4. The summed E-state index contributed by atoms with van der Waals surface area (Å²) in [7, 11) is 0. The van der Waals surface area contributed by atoms with Gasteiger partial charge in [-0.15, -0.1) is 0 Å². The lowest BCUT2D eigenvalue weighted by Gasteiger charge is -2.21. The molecule has 3 aromatic rings. The molecule has 0 spiro atoms. The number of nitrogens with zero attached hydrogens (tertiary/aromatic N) is 3. The number of benzene rings is 2. The maximum Gasteiger partial charge on any atom is 0.417 e. The van der Waals surface area contributed by atoms with Gasteiger partial charge in [0, 0.05) is 18.7 Å². The third kappa shape index (κ3) is 2.98. The van der Waals surface area contributed by atoms with Gasteiger partial charge in [0.05, 0.1) is 21.5 Å². The highest BCUT2D eigenvalue weighted by atomic mass is 35.5. The van der Waals surface area contributed by atoms with Crippen molar-refractivity contribution in [1.82, 2.24) is 9.97 Å². The fraction of sp³-hybridized carbons (Fsp3) is 0.263. The van der Waals surface area contributed by atoms with Crippen molar-refractivity contribution in [2.45, 2.75) is 19.0 Å². The van der Waals surface area contributed by atoms with E-state index in [1.807, 2.05) is 4.90 Å². The molecule has 1 saturated heterocycles. The van der Waals surface area contributed by atoms with Gasteiger partial charge in [-0.2, -0.15) is 13.2 Å². The summed E-state index contributed by atoms with van der Waals surface area (Å²) < 4.78 is 40.7. The van der Waals surface area contributed by atoms with Gasteiger partial charge in [-0.3, -0.25) is 0 Å². The standard InChI is InChI=1S/C19H15ClF3N3/c20-14-8-2-1-6-12(14)17-24-15-9-5-7-13(19(21,22)23)16(15)18(25-17)26-10-3-4-11-26/h1-2,5-9H,3-4,10-11H2. The summed E-state index contributed by atoms with van der Waals surface area (Å²) in [6.07, 6.45) is -2.61. The highest BCUT2D eigenvalue weighted by molar-refractivity contribution is 6.33.